The summed E-state index contributed by atoms with van der Waals surface area (Å²) >= 11 is 0. The molecule has 156 valence electrons. The zero-order valence-corrected chi connectivity index (χ0v) is 15.8. The van der Waals surface area contributed by atoms with E-state index in [9.17, 15) is 31.5 Å². The van der Waals surface area contributed by atoms with Crippen LogP contribution in [-0.4, -0.2) is 24.4 Å². The van der Waals surface area contributed by atoms with Crippen molar-refractivity contribution in [2.24, 2.45) is 0 Å². The number of nitrogens with zero attached hydrogens (tertiary/aromatic N) is 1. The Bertz CT molecular complexity index is 1200. The zero-order valence-electron chi connectivity index (χ0n) is 15.0. The molecule has 0 radical (unpaired) electrons. The minimum Gasteiger partial charge on any atom is -0.504 e. The Morgan fingerprint density at radius 3 is 2.43 bits per heavy atom. The van der Waals surface area contributed by atoms with Gasteiger partial charge < -0.3 is 10.4 Å². The first-order valence-electron chi connectivity index (χ1n) is 8.32. The van der Waals surface area contributed by atoms with Crippen LogP contribution in [0.1, 0.15) is 15.9 Å². The summed E-state index contributed by atoms with van der Waals surface area (Å²) in [6.07, 6.45) is -3.29. The van der Waals surface area contributed by atoms with Crippen molar-refractivity contribution < 1.29 is 31.5 Å². The Morgan fingerprint density at radius 2 is 1.73 bits per heavy atom. The van der Waals surface area contributed by atoms with Crippen molar-refractivity contribution in [3.05, 3.63) is 78.0 Å². The number of aromatic hydroxyl groups is 1. The number of alkyl halides is 3. The second-order valence-corrected chi connectivity index (χ2v) is 7.72. The average Bonchev–Trinajstić information content (AvgIpc) is 2.69. The van der Waals surface area contributed by atoms with Gasteiger partial charge in [-0.2, -0.15) is 13.2 Å². The predicted octanol–water partition coefficient (Wildman–Crippen LogP) is 3.86. The largest absolute Gasteiger partial charge is 0.504 e. The van der Waals surface area contributed by atoms with E-state index in [0.717, 1.165) is 18.2 Å². The molecular formula is C19H14F3N3O4S. The van der Waals surface area contributed by atoms with Gasteiger partial charge in [-0.1, -0.05) is 12.1 Å². The molecule has 30 heavy (non-hydrogen) atoms. The Balaban J connectivity index is 1.84. The average molecular weight is 437 g/mol. The first-order valence-corrected chi connectivity index (χ1v) is 9.80. The molecule has 3 aromatic rings. The van der Waals surface area contributed by atoms with Crippen LogP contribution in [0.25, 0.3) is 0 Å². The van der Waals surface area contributed by atoms with Gasteiger partial charge in [-0.05, 0) is 48.5 Å². The summed E-state index contributed by atoms with van der Waals surface area (Å²) in [6, 6.07) is 11.4. The van der Waals surface area contributed by atoms with Gasteiger partial charge in [0.25, 0.3) is 15.9 Å². The number of rotatable bonds is 5. The number of hydrogen-bond acceptors (Lipinski definition) is 5. The van der Waals surface area contributed by atoms with E-state index < -0.39 is 27.7 Å². The molecular weight excluding hydrogens is 423 g/mol. The number of amides is 1. The number of halogens is 3. The third kappa shape index (κ3) is 4.87. The number of carbonyl (C=O) groups excluding carboxylic acids is 1. The highest BCUT2D eigenvalue weighted by atomic mass is 32.2. The highest BCUT2D eigenvalue weighted by Gasteiger charge is 2.30. The minimum absolute atomic E-state index is 0.0630. The first-order chi connectivity index (χ1) is 14.1. The van der Waals surface area contributed by atoms with Gasteiger partial charge in [0.2, 0.25) is 0 Å². The molecule has 0 bridgehead atoms. The maximum Gasteiger partial charge on any atom is 0.416 e. The molecule has 0 spiro atoms. The monoisotopic (exact) mass is 437 g/mol. The standard InChI is InChI=1S/C19H14F3N3O4S/c20-19(21,22)13-5-2-6-14(11-13)25-30(28,29)15-7-1-4-12(10-15)18(27)24-17-16(26)8-3-9-23-17/h1-11,25-26H,(H,23,24,27). The number of benzene rings is 2. The molecule has 2 aromatic carbocycles. The lowest BCUT2D eigenvalue weighted by Gasteiger charge is -2.12. The van der Waals surface area contributed by atoms with Crippen LogP contribution in [0.15, 0.2) is 71.8 Å². The summed E-state index contributed by atoms with van der Waals surface area (Å²) < 4.78 is 65.7. The molecule has 0 fully saturated rings. The predicted molar refractivity (Wildman–Crippen MR) is 103 cm³/mol. The third-order valence-electron chi connectivity index (χ3n) is 3.87. The summed E-state index contributed by atoms with van der Waals surface area (Å²) in [5.41, 5.74) is -1.35. The molecule has 0 aliphatic heterocycles. The maximum absolute atomic E-state index is 12.8. The number of sulfonamides is 1. The highest BCUT2D eigenvalue weighted by Crippen LogP contribution is 2.31. The van der Waals surface area contributed by atoms with Crippen LogP contribution >= 0.6 is 0 Å². The van der Waals surface area contributed by atoms with Gasteiger partial charge >= 0.3 is 6.18 Å². The number of aromatic nitrogens is 1. The normalized spacial score (nSPS) is 11.7. The van der Waals surface area contributed by atoms with Gasteiger partial charge in [0.1, 0.15) is 0 Å². The maximum atomic E-state index is 12.8. The molecule has 1 aromatic heterocycles. The van der Waals surface area contributed by atoms with Crippen molar-refractivity contribution in [3.63, 3.8) is 0 Å². The van der Waals surface area contributed by atoms with Crippen LogP contribution in [0.5, 0.6) is 5.75 Å². The number of anilines is 2. The van der Waals surface area contributed by atoms with Crippen molar-refractivity contribution in [1.82, 2.24) is 4.98 Å². The summed E-state index contributed by atoms with van der Waals surface area (Å²) in [4.78, 5) is 15.8. The molecule has 0 unspecified atom stereocenters. The van der Waals surface area contributed by atoms with Crippen LogP contribution in [0, 0.1) is 0 Å². The molecule has 3 N–H and O–H groups in total. The van der Waals surface area contributed by atoms with Gasteiger partial charge in [0.05, 0.1) is 10.5 Å². The van der Waals surface area contributed by atoms with E-state index in [0.29, 0.717) is 6.07 Å². The van der Waals surface area contributed by atoms with Crippen LogP contribution in [0.4, 0.5) is 24.7 Å². The number of carbonyl (C=O) groups is 1. The number of pyridine rings is 1. The fourth-order valence-electron chi connectivity index (χ4n) is 2.45. The first kappa shape index (κ1) is 21.1. The van der Waals surface area contributed by atoms with Gasteiger partial charge in [0, 0.05) is 17.4 Å². The van der Waals surface area contributed by atoms with Crippen molar-refractivity contribution in [2.75, 3.05) is 10.0 Å². The van der Waals surface area contributed by atoms with Crippen LogP contribution in [-0.2, 0) is 16.2 Å². The van der Waals surface area contributed by atoms with Crippen LogP contribution < -0.4 is 10.0 Å². The molecule has 7 nitrogen and oxygen atoms in total. The Labute approximate surface area is 169 Å². The van der Waals surface area contributed by atoms with E-state index in [2.05, 4.69) is 15.0 Å². The van der Waals surface area contributed by atoms with Crippen molar-refractivity contribution in [2.45, 2.75) is 11.1 Å². The molecule has 0 aliphatic carbocycles. The minimum atomic E-state index is -4.63. The van der Waals surface area contributed by atoms with Gasteiger partial charge in [0.15, 0.2) is 11.6 Å². The van der Waals surface area contributed by atoms with E-state index in [1.54, 1.807) is 0 Å². The van der Waals surface area contributed by atoms with Crippen LogP contribution in [0.2, 0.25) is 0 Å². The topological polar surface area (TPSA) is 108 Å². The Morgan fingerprint density at radius 1 is 1.00 bits per heavy atom. The molecule has 0 atom stereocenters. The third-order valence-corrected chi connectivity index (χ3v) is 5.25. The highest BCUT2D eigenvalue weighted by molar-refractivity contribution is 7.92. The van der Waals surface area contributed by atoms with Crippen LogP contribution in [0.3, 0.4) is 0 Å². The molecule has 0 aliphatic rings. The van der Waals surface area contributed by atoms with Crippen molar-refractivity contribution in [1.29, 1.82) is 0 Å². The lowest BCUT2D eigenvalue weighted by atomic mass is 10.2. The van der Waals surface area contributed by atoms with Crippen molar-refractivity contribution >= 4 is 27.4 Å². The van der Waals surface area contributed by atoms with Crippen molar-refractivity contribution in [3.8, 4) is 5.75 Å². The summed E-state index contributed by atoms with van der Waals surface area (Å²) in [5, 5.41) is 12.0. The lowest BCUT2D eigenvalue weighted by Crippen LogP contribution is -2.16. The molecule has 1 heterocycles. The smallest absolute Gasteiger partial charge is 0.416 e. The SMILES string of the molecule is O=C(Nc1ncccc1O)c1cccc(S(=O)(=O)Nc2cccc(C(F)(F)F)c2)c1. The fourth-order valence-corrected chi connectivity index (χ4v) is 3.55. The van der Waals surface area contributed by atoms with Gasteiger partial charge in [-0.3, -0.25) is 9.52 Å². The number of nitrogens with one attached hydrogen (secondary N) is 2. The number of hydrogen-bond donors (Lipinski definition) is 3. The van der Waals surface area contributed by atoms with E-state index in [4.69, 9.17) is 0 Å². The molecule has 11 heteroatoms. The van der Waals surface area contributed by atoms with E-state index in [1.807, 2.05) is 0 Å². The Kier molecular flexibility index (Phi) is 5.65. The Hall–Kier alpha value is -3.60. The fraction of sp³-hybridized carbons (Fsp3) is 0.0526. The molecule has 3 rings (SSSR count). The molecule has 1 amide bonds. The van der Waals surface area contributed by atoms with E-state index in [-0.39, 0.29) is 27.7 Å². The second kappa shape index (κ2) is 8.03. The van der Waals surface area contributed by atoms with E-state index >= 15 is 0 Å². The molecule has 0 saturated carbocycles. The summed E-state index contributed by atoms with van der Waals surface area (Å²) in [6.45, 7) is 0. The van der Waals surface area contributed by atoms with Gasteiger partial charge in [-0.15, -0.1) is 0 Å². The van der Waals surface area contributed by atoms with E-state index in [1.165, 1.54) is 42.6 Å². The lowest BCUT2D eigenvalue weighted by molar-refractivity contribution is -0.137. The quantitative estimate of drug-likeness (QED) is 0.562. The van der Waals surface area contributed by atoms with Gasteiger partial charge in [-0.25, -0.2) is 13.4 Å². The zero-order chi connectivity index (χ0) is 21.9. The second-order valence-electron chi connectivity index (χ2n) is 6.04. The molecule has 0 saturated heterocycles. The summed E-state index contributed by atoms with van der Waals surface area (Å²) in [5.74, 6) is -1.13. The summed E-state index contributed by atoms with van der Waals surface area (Å²) in [7, 11) is -4.27.